The van der Waals surface area contributed by atoms with Gasteiger partial charge in [-0.2, -0.15) is 0 Å². The number of hydrogen-bond acceptors (Lipinski definition) is 2. The van der Waals surface area contributed by atoms with Gasteiger partial charge in [0.05, 0.1) is 11.8 Å². The van der Waals surface area contributed by atoms with Gasteiger partial charge in [-0.3, -0.25) is 9.59 Å². The summed E-state index contributed by atoms with van der Waals surface area (Å²) >= 11 is 0. The van der Waals surface area contributed by atoms with E-state index < -0.39 is 17.8 Å². The Morgan fingerprint density at radius 1 is 1.14 bits per heavy atom. The van der Waals surface area contributed by atoms with Gasteiger partial charge < -0.3 is 10.4 Å². The molecule has 0 aliphatic heterocycles. The van der Waals surface area contributed by atoms with Gasteiger partial charge in [0.1, 0.15) is 5.82 Å². The Morgan fingerprint density at radius 2 is 1.76 bits per heavy atom. The summed E-state index contributed by atoms with van der Waals surface area (Å²) in [4.78, 5) is 23.7. The fourth-order valence-corrected chi connectivity index (χ4v) is 3.93. The number of carbonyl (C=O) groups excluding carboxylic acids is 1. The fourth-order valence-electron chi connectivity index (χ4n) is 3.93. The second-order valence-corrected chi connectivity index (χ2v) is 6.07. The molecule has 2 N–H and O–H groups in total. The zero-order chi connectivity index (χ0) is 15.0. The molecule has 2 bridgehead atoms. The average Bonchev–Trinajstić information content (AvgIpc) is 3.06. The summed E-state index contributed by atoms with van der Waals surface area (Å²) in [7, 11) is 0. The smallest absolute Gasteiger partial charge is 0.307 e. The third kappa shape index (κ3) is 2.64. The maximum atomic E-state index is 12.8. The van der Waals surface area contributed by atoms with E-state index in [0.717, 1.165) is 24.8 Å². The number of carboxylic acid groups (broad SMARTS) is 1. The Kier molecular flexibility index (Phi) is 3.66. The first kappa shape index (κ1) is 14.0. The molecule has 4 nitrogen and oxygen atoms in total. The summed E-state index contributed by atoms with van der Waals surface area (Å²) in [5, 5.41) is 12.2. The van der Waals surface area contributed by atoms with Crippen LogP contribution in [0.15, 0.2) is 24.3 Å². The molecule has 3 rings (SSSR count). The molecule has 0 heterocycles. The predicted molar refractivity (Wildman–Crippen MR) is 73.7 cm³/mol. The number of rotatable bonds is 4. The highest BCUT2D eigenvalue weighted by atomic mass is 19.1. The molecule has 2 fully saturated rings. The second-order valence-electron chi connectivity index (χ2n) is 6.07. The number of benzene rings is 1. The molecule has 1 amide bonds. The lowest BCUT2D eigenvalue weighted by Crippen LogP contribution is -2.41. The van der Waals surface area contributed by atoms with Crippen molar-refractivity contribution in [3.8, 4) is 0 Å². The molecule has 0 aromatic heterocycles. The summed E-state index contributed by atoms with van der Waals surface area (Å²) in [6, 6.07) is 5.92. The van der Waals surface area contributed by atoms with Crippen molar-refractivity contribution in [2.45, 2.75) is 25.8 Å². The molecule has 112 valence electrons. The second kappa shape index (κ2) is 5.47. The summed E-state index contributed by atoms with van der Waals surface area (Å²) in [5.41, 5.74) is 0.805. The number of carboxylic acids is 1. The quantitative estimate of drug-likeness (QED) is 0.893. The van der Waals surface area contributed by atoms with E-state index in [0.29, 0.717) is 6.54 Å². The van der Waals surface area contributed by atoms with E-state index in [1.807, 2.05) is 0 Å². The summed E-state index contributed by atoms with van der Waals surface area (Å²) in [6.07, 6.45) is 2.72. The SMILES string of the molecule is O=C(NCc1ccc(F)cc1)[C@@H]1[C@H]2CC[C@@H](C2)[C@@H]1C(=O)O. The third-order valence-electron chi connectivity index (χ3n) is 4.88. The lowest BCUT2D eigenvalue weighted by atomic mass is 9.78. The number of halogens is 1. The molecule has 1 aromatic carbocycles. The first-order chi connectivity index (χ1) is 10.1. The Balaban J connectivity index is 1.64. The van der Waals surface area contributed by atoms with E-state index >= 15 is 0 Å². The van der Waals surface area contributed by atoms with E-state index in [1.54, 1.807) is 12.1 Å². The highest BCUT2D eigenvalue weighted by molar-refractivity contribution is 5.86. The van der Waals surface area contributed by atoms with Crippen LogP contribution in [0.1, 0.15) is 24.8 Å². The van der Waals surface area contributed by atoms with Gasteiger partial charge in [-0.15, -0.1) is 0 Å². The molecule has 2 aliphatic rings. The van der Waals surface area contributed by atoms with Gasteiger partial charge in [-0.05, 0) is 48.8 Å². The van der Waals surface area contributed by atoms with E-state index in [9.17, 15) is 19.1 Å². The zero-order valence-corrected chi connectivity index (χ0v) is 11.6. The Hall–Kier alpha value is -1.91. The highest BCUT2D eigenvalue weighted by Gasteiger charge is 2.53. The molecular weight excluding hydrogens is 273 g/mol. The van der Waals surface area contributed by atoms with Gasteiger partial charge in [0, 0.05) is 6.54 Å². The Morgan fingerprint density at radius 3 is 2.38 bits per heavy atom. The van der Waals surface area contributed by atoms with Crippen LogP contribution in [0, 0.1) is 29.5 Å². The number of aliphatic carboxylic acids is 1. The third-order valence-corrected chi connectivity index (χ3v) is 4.88. The van der Waals surface area contributed by atoms with E-state index in [2.05, 4.69) is 5.32 Å². The molecule has 0 radical (unpaired) electrons. The van der Waals surface area contributed by atoms with Gasteiger partial charge >= 0.3 is 5.97 Å². The molecule has 21 heavy (non-hydrogen) atoms. The van der Waals surface area contributed by atoms with Crippen molar-refractivity contribution in [2.75, 3.05) is 0 Å². The van der Waals surface area contributed by atoms with Gasteiger partial charge in [0.15, 0.2) is 0 Å². The Labute approximate surface area is 122 Å². The van der Waals surface area contributed by atoms with Crippen molar-refractivity contribution in [1.82, 2.24) is 5.32 Å². The van der Waals surface area contributed by atoms with Crippen molar-refractivity contribution in [3.63, 3.8) is 0 Å². The van der Waals surface area contributed by atoms with Crippen LogP contribution in [0.4, 0.5) is 4.39 Å². The van der Waals surface area contributed by atoms with Crippen LogP contribution < -0.4 is 5.32 Å². The maximum absolute atomic E-state index is 12.8. The lowest BCUT2D eigenvalue weighted by Gasteiger charge is -2.27. The number of fused-ring (bicyclic) bond motifs is 2. The van der Waals surface area contributed by atoms with Crippen LogP contribution in [0.5, 0.6) is 0 Å². The number of amides is 1. The van der Waals surface area contributed by atoms with E-state index in [-0.39, 0.29) is 23.6 Å². The van der Waals surface area contributed by atoms with Crippen LogP contribution in [0.25, 0.3) is 0 Å². The standard InChI is InChI=1S/C16H18FNO3/c17-12-5-1-9(2-6-12)8-18-15(19)13-10-3-4-11(7-10)14(13)16(20)21/h1-2,5-6,10-11,13-14H,3-4,7-8H2,(H,18,19)(H,20,21)/t10-,11-,13+,14-/m0/s1. The predicted octanol–water partition coefficient (Wildman–Crippen LogP) is 2.19. The van der Waals surface area contributed by atoms with Crippen molar-refractivity contribution in [1.29, 1.82) is 0 Å². The van der Waals surface area contributed by atoms with Crippen molar-refractivity contribution < 1.29 is 19.1 Å². The fraction of sp³-hybridized carbons (Fsp3) is 0.500. The van der Waals surface area contributed by atoms with E-state index in [1.165, 1.54) is 12.1 Å². The van der Waals surface area contributed by atoms with Gasteiger partial charge in [-0.25, -0.2) is 4.39 Å². The van der Waals surface area contributed by atoms with Crippen molar-refractivity contribution >= 4 is 11.9 Å². The molecule has 2 saturated carbocycles. The first-order valence-corrected chi connectivity index (χ1v) is 7.31. The summed E-state index contributed by atoms with van der Waals surface area (Å²) in [5.74, 6) is -1.97. The van der Waals surface area contributed by atoms with Gasteiger partial charge in [0.25, 0.3) is 0 Å². The zero-order valence-electron chi connectivity index (χ0n) is 11.6. The maximum Gasteiger partial charge on any atom is 0.307 e. The van der Waals surface area contributed by atoms with Crippen LogP contribution >= 0.6 is 0 Å². The number of hydrogen-bond donors (Lipinski definition) is 2. The van der Waals surface area contributed by atoms with E-state index in [4.69, 9.17) is 0 Å². The normalized spacial score (nSPS) is 30.3. The minimum atomic E-state index is -0.857. The molecule has 0 saturated heterocycles. The van der Waals surface area contributed by atoms with Gasteiger partial charge in [-0.1, -0.05) is 12.1 Å². The number of carbonyl (C=O) groups is 2. The largest absolute Gasteiger partial charge is 0.481 e. The molecular formula is C16H18FNO3. The molecule has 5 heteroatoms. The molecule has 1 aromatic rings. The monoisotopic (exact) mass is 291 g/mol. The molecule has 0 unspecified atom stereocenters. The highest BCUT2D eigenvalue weighted by Crippen LogP contribution is 2.52. The van der Waals surface area contributed by atoms with Crippen LogP contribution in [0.3, 0.4) is 0 Å². The molecule has 2 aliphatic carbocycles. The van der Waals surface area contributed by atoms with Crippen LogP contribution in [-0.4, -0.2) is 17.0 Å². The minimum Gasteiger partial charge on any atom is -0.481 e. The van der Waals surface area contributed by atoms with Gasteiger partial charge in [0.2, 0.25) is 5.91 Å². The van der Waals surface area contributed by atoms with Crippen LogP contribution in [-0.2, 0) is 16.1 Å². The van der Waals surface area contributed by atoms with Crippen molar-refractivity contribution in [3.05, 3.63) is 35.6 Å². The minimum absolute atomic E-state index is 0.147. The Bertz CT molecular complexity index is 557. The first-order valence-electron chi connectivity index (χ1n) is 7.31. The average molecular weight is 291 g/mol. The molecule has 4 atom stereocenters. The summed E-state index contributed by atoms with van der Waals surface area (Å²) < 4.78 is 12.8. The van der Waals surface area contributed by atoms with Crippen molar-refractivity contribution in [2.24, 2.45) is 23.7 Å². The summed E-state index contributed by atoms with van der Waals surface area (Å²) in [6.45, 7) is 0.305. The number of nitrogens with one attached hydrogen (secondary N) is 1. The lowest BCUT2D eigenvalue weighted by molar-refractivity contribution is -0.149. The molecule has 0 spiro atoms. The van der Waals surface area contributed by atoms with Crippen LogP contribution in [0.2, 0.25) is 0 Å². The topological polar surface area (TPSA) is 66.4 Å².